The van der Waals surface area contributed by atoms with Crippen LogP contribution in [0.4, 0.5) is 0 Å². The zero-order chi connectivity index (χ0) is 19.2. The monoisotopic (exact) mass is 398 g/mol. The minimum atomic E-state index is -0.440. The van der Waals surface area contributed by atoms with E-state index < -0.39 is 5.97 Å². The number of thiophene rings is 1. The van der Waals surface area contributed by atoms with E-state index in [4.69, 9.17) is 21.1 Å². The Morgan fingerprint density at radius 1 is 1.04 bits per heavy atom. The molecular formula is C21H15ClO4S. The Morgan fingerprint density at radius 3 is 2.48 bits per heavy atom. The van der Waals surface area contributed by atoms with Crippen molar-refractivity contribution < 1.29 is 19.1 Å². The second kappa shape index (κ2) is 8.66. The number of ketones is 1. The highest BCUT2D eigenvalue weighted by Crippen LogP contribution is 2.29. The Hall–Kier alpha value is -2.89. The Kier molecular flexibility index (Phi) is 6.06. The lowest BCUT2D eigenvalue weighted by Crippen LogP contribution is -2.07. The van der Waals surface area contributed by atoms with Gasteiger partial charge >= 0.3 is 5.97 Å². The van der Waals surface area contributed by atoms with Crippen LogP contribution in [0.3, 0.4) is 0 Å². The Bertz CT molecular complexity index is 976. The van der Waals surface area contributed by atoms with E-state index in [0.717, 1.165) is 5.56 Å². The van der Waals surface area contributed by atoms with Crippen molar-refractivity contribution in [2.75, 3.05) is 7.11 Å². The first-order valence-electron chi connectivity index (χ1n) is 7.98. The molecule has 0 aliphatic carbocycles. The fourth-order valence-corrected chi connectivity index (χ4v) is 3.02. The lowest BCUT2D eigenvalue weighted by Gasteiger charge is -2.09. The molecule has 3 aromatic rings. The van der Waals surface area contributed by atoms with E-state index >= 15 is 0 Å². The number of carbonyl (C=O) groups is 2. The Labute approximate surface area is 165 Å². The van der Waals surface area contributed by atoms with Crippen LogP contribution in [0, 0.1) is 0 Å². The average Bonchev–Trinajstić information content (AvgIpc) is 3.22. The third-order valence-corrected chi connectivity index (χ3v) is 4.77. The van der Waals surface area contributed by atoms with Crippen molar-refractivity contribution in [2.24, 2.45) is 0 Å². The summed E-state index contributed by atoms with van der Waals surface area (Å²) in [7, 11) is 1.49. The van der Waals surface area contributed by atoms with Crippen LogP contribution in [-0.2, 0) is 0 Å². The summed E-state index contributed by atoms with van der Waals surface area (Å²) < 4.78 is 10.7. The van der Waals surface area contributed by atoms with Crippen molar-refractivity contribution in [1.82, 2.24) is 0 Å². The number of halogens is 1. The maximum atomic E-state index is 12.2. The van der Waals surface area contributed by atoms with Gasteiger partial charge in [0.05, 0.1) is 7.11 Å². The van der Waals surface area contributed by atoms with E-state index in [9.17, 15) is 9.59 Å². The minimum absolute atomic E-state index is 0.140. The first-order valence-corrected chi connectivity index (χ1v) is 9.24. The molecule has 0 spiro atoms. The number of esters is 1. The highest BCUT2D eigenvalue weighted by atomic mass is 35.5. The van der Waals surface area contributed by atoms with Crippen LogP contribution in [0.25, 0.3) is 6.08 Å². The number of hydrogen-bond acceptors (Lipinski definition) is 5. The molecule has 0 bridgehead atoms. The van der Waals surface area contributed by atoms with Gasteiger partial charge in [0.15, 0.2) is 17.3 Å². The zero-order valence-corrected chi connectivity index (χ0v) is 15.9. The van der Waals surface area contributed by atoms with Crippen molar-refractivity contribution in [3.05, 3.63) is 87.1 Å². The van der Waals surface area contributed by atoms with Gasteiger partial charge < -0.3 is 9.47 Å². The third-order valence-electron chi connectivity index (χ3n) is 3.67. The van der Waals surface area contributed by atoms with E-state index in [2.05, 4.69) is 0 Å². The van der Waals surface area contributed by atoms with Gasteiger partial charge in [0, 0.05) is 10.6 Å². The van der Waals surface area contributed by atoms with Gasteiger partial charge in [0.1, 0.15) is 4.88 Å². The van der Waals surface area contributed by atoms with Gasteiger partial charge in [-0.3, -0.25) is 4.79 Å². The molecule has 2 aromatic carbocycles. The summed E-state index contributed by atoms with van der Waals surface area (Å²) in [5, 5.41) is 2.38. The first kappa shape index (κ1) is 18.9. The number of ether oxygens (including phenoxy) is 2. The van der Waals surface area contributed by atoms with Crippen molar-refractivity contribution >= 4 is 40.8 Å². The predicted octanol–water partition coefficient (Wildman–Crippen LogP) is 5.53. The molecule has 0 unspecified atom stereocenters. The molecule has 0 saturated heterocycles. The second-order valence-electron chi connectivity index (χ2n) is 5.48. The molecule has 0 aliphatic heterocycles. The van der Waals surface area contributed by atoms with Crippen molar-refractivity contribution in [2.45, 2.75) is 0 Å². The number of benzene rings is 2. The van der Waals surface area contributed by atoms with Crippen LogP contribution >= 0.6 is 22.9 Å². The molecule has 136 valence electrons. The fraction of sp³-hybridized carbons (Fsp3) is 0.0476. The summed E-state index contributed by atoms with van der Waals surface area (Å²) in [6, 6.07) is 15.2. The molecule has 0 aliphatic rings. The van der Waals surface area contributed by atoms with Crippen LogP contribution in [0.5, 0.6) is 11.5 Å². The molecule has 0 N–H and O–H groups in total. The summed E-state index contributed by atoms with van der Waals surface area (Å²) in [5.41, 5.74) is 1.29. The van der Waals surface area contributed by atoms with Gasteiger partial charge in [0.25, 0.3) is 0 Å². The largest absolute Gasteiger partial charge is 0.493 e. The third kappa shape index (κ3) is 4.84. The molecule has 1 aromatic heterocycles. The summed E-state index contributed by atoms with van der Waals surface area (Å²) in [6.45, 7) is 0. The average molecular weight is 399 g/mol. The molecule has 0 amide bonds. The molecular weight excluding hydrogens is 384 g/mol. The van der Waals surface area contributed by atoms with Gasteiger partial charge in [-0.1, -0.05) is 29.8 Å². The van der Waals surface area contributed by atoms with Gasteiger partial charge in [-0.2, -0.15) is 0 Å². The molecule has 1 heterocycles. The first-order chi connectivity index (χ1) is 13.1. The normalized spacial score (nSPS) is 10.7. The Balaban J connectivity index is 1.74. The van der Waals surface area contributed by atoms with Crippen molar-refractivity contribution in [3.8, 4) is 11.5 Å². The highest BCUT2D eigenvalue weighted by molar-refractivity contribution is 7.12. The standard InChI is InChI=1S/C21H15ClO4S/c1-25-19-13-14(4-10-17(23)15-6-8-16(22)9-7-15)5-11-18(19)26-21(24)20-3-2-12-27-20/h2-13H,1H3. The van der Waals surface area contributed by atoms with Gasteiger partial charge in [-0.15, -0.1) is 11.3 Å². The Morgan fingerprint density at radius 2 is 1.81 bits per heavy atom. The maximum absolute atomic E-state index is 12.2. The summed E-state index contributed by atoms with van der Waals surface area (Å²) >= 11 is 7.13. The van der Waals surface area contributed by atoms with E-state index in [1.807, 2.05) is 0 Å². The zero-order valence-electron chi connectivity index (χ0n) is 14.3. The van der Waals surface area contributed by atoms with E-state index in [1.54, 1.807) is 66.1 Å². The van der Waals surface area contributed by atoms with Crippen LogP contribution in [0.2, 0.25) is 5.02 Å². The van der Waals surface area contributed by atoms with Crippen LogP contribution < -0.4 is 9.47 Å². The number of carbonyl (C=O) groups excluding carboxylic acids is 2. The number of allylic oxidation sites excluding steroid dienone is 1. The molecule has 0 radical (unpaired) electrons. The molecule has 0 saturated carbocycles. The molecule has 4 nitrogen and oxygen atoms in total. The summed E-state index contributed by atoms with van der Waals surface area (Å²) in [5.74, 6) is 0.140. The van der Waals surface area contributed by atoms with E-state index in [1.165, 1.54) is 24.5 Å². The molecule has 0 fully saturated rings. The minimum Gasteiger partial charge on any atom is -0.493 e. The SMILES string of the molecule is COc1cc(C=CC(=O)c2ccc(Cl)cc2)ccc1OC(=O)c1cccs1. The van der Waals surface area contributed by atoms with Gasteiger partial charge in [-0.25, -0.2) is 4.79 Å². The molecule has 27 heavy (non-hydrogen) atoms. The summed E-state index contributed by atoms with van der Waals surface area (Å²) in [6.07, 6.45) is 3.14. The molecule has 6 heteroatoms. The highest BCUT2D eigenvalue weighted by Gasteiger charge is 2.13. The molecule has 0 atom stereocenters. The number of hydrogen-bond donors (Lipinski definition) is 0. The maximum Gasteiger partial charge on any atom is 0.353 e. The van der Waals surface area contributed by atoms with Crippen LogP contribution in [-0.4, -0.2) is 18.9 Å². The summed E-state index contributed by atoms with van der Waals surface area (Å²) in [4.78, 5) is 24.8. The van der Waals surface area contributed by atoms with Gasteiger partial charge in [-0.05, 0) is 59.5 Å². The quantitative estimate of drug-likeness (QED) is 0.237. The van der Waals surface area contributed by atoms with Crippen LogP contribution in [0.15, 0.2) is 66.1 Å². The molecule has 3 rings (SSSR count). The lowest BCUT2D eigenvalue weighted by molar-refractivity contribution is 0.0734. The topological polar surface area (TPSA) is 52.6 Å². The number of methoxy groups -OCH3 is 1. The van der Waals surface area contributed by atoms with E-state index in [0.29, 0.717) is 27.0 Å². The number of rotatable bonds is 6. The second-order valence-corrected chi connectivity index (χ2v) is 6.87. The smallest absolute Gasteiger partial charge is 0.353 e. The van der Waals surface area contributed by atoms with Crippen molar-refractivity contribution in [1.29, 1.82) is 0 Å². The van der Waals surface area contributed by atoms with Gasteiger partial charge in [0.2, 0.25) is 0 Å². The van der Waals surface area contributed by atoms with Crippen molar-refractivity contribution in [3.63, 3.8) is 0 Å². The van der Waals surface area contributed by atoms with Crippen LogP contribution in [0.1, 0.15) is 25.6 Å². The van der Waals surface area contributed by atoms with E-state index in [-0.39, 0.29) is 5.78 Å². The predicted molar refractivity (Wildman–Crippen MR) is 107 cm³/mol. The lowest BCUT2D eigenvalue weighted by atomic mass is 10.1. The fourth-order valence-electron chi connectivity index (χ4n) is 2.30.